The van der Waals surface area contributed by atoms with Crippen molar-refractivity contribution >= 4 is 17.0 Å². The van der Waals surface area contributed by atoms with Crippen molar-refractivity contribution in [1.29, 1.82) is 0 Å². The highest BCUT2D eigenvalue weighted by molar-refractivity contribution is 7.07. The van der Waals surface area contributed by atoms with Crippen molar-refractivity contribution in [1.82, 2.24) is 5.32 Å². The quantitative estimate of drug-likeness (QED) is 0.662. The van der Waals surface area contributed by atoms with Crippen LogP contribution < -0.4 is 5.32 Å². The second-order valence-corrected chi connectivity index (χ2v) is 4.83. The summed E-state index contributed by atoms with van der Waals surface area (Å²) >= 11 is 1.65. The van der Waals surface area contributed by atoms with Crippen molar-refractivity contribution in [3.05, 3.63) is 62.3 Å². The van der Waals surface area contributed by atoms with Gasteiger partial charge in [-0.15, -0.1) is 0 Å². The van der Waals surface area contributed by atoms with Crippen molar-refractivity contribution in [2.75, 3.05) is 0 Å². The molecule has 5 heteroatoms. The predicted molar refractivity (Wildman–Crippen MR) is 72.7 cm³/mol. The molecule has 2 rings (SSSR count). The summed E-state index contributed by atoms with van der Waals surface area (Å²) in [5, 5.41) is 18.3. The molecule has 0 saturated carbocycles. The first-order valence-electron chi connectivity index (χ1n) is 5.66. The largest absolute Gasteiger partial charge is 0.306 e. The molecule has 94 valence electrons. The van der Waals surface area contributed by atoms with Gasteiger partial charge in [0, 0.05) is 24.2 Å². The zero-order valence-electron chi connectivity index (χ0n) is 10.00. The molecule has 0 bridgehead atoms. The fraction of sp³-hybridized carbons (Fsp3) is 0.231. The lowest BCUT2D eigenvalue weighted by Gasteiger charge is -2.13. The summed E-state index contributed by atoms with van der Waals surface area (Å²) in [5.74, 6) is 0. The Morgan fingerprint density at radius 2 is 2.17 bits per heavy atom. The molecule has 1 aromatic carbocycles. The first-order valence-corrected chi connectivity index (χ1v) is 6.60. The van der Waals surface area contributed by atoms with E-state index in [0.29, 0.717) is 0 Å². The van der Waals surface area contributed by atoms with Gasteiger partial charge < -0.3 is 5.32 Å². The monoisotopic (exact) mass is 262 g/mol. The number of thiophene rings is 1. The molecule has 1 unspecified atom stereocenters. The fourth-order valence-electron chi connectivity index (χ4n) is 1.79. The standard InChI is InChI=1S/C13H14N2O2S/c1-10(14-8-11-6-7-18-9-11)12-4-2-3-5-13(12)15(16)17/h2-7,9-10,14H,8H2,1H3. The summed E-state index contributed by atoms with van der Waals surface area (Å²) in [4.78, 5) is 10.6. The molecule has 0 spiro atoms. The zero-order chi connectivity index (χ0) is 13.0. The van der Waals surface area contributed by atoms with Crippen LogP contribution in [0.5, 0.6) is 0 Å². The van der Waals surface area contributed by atoms with Gasteiger partial charge in [0.25, 0.3) is 5.69 Å². The molecule has 2 aromatic rings. The van der Waals surface area contributed by atoms with E-state index >= 15 is 0 Å². The topological polar surface area (TPSA) is 55.2 Å². The lowest BCUT2D eigenvalue weighted by Crippen LogP contribution is -2.18. The molecule has 1 N–H and O–H groups in total. The van der Waals surface area contributed by atoms with Crippen molar-refractivity contribution in [3.8, 4) is 0 Å². The number of rotatable bonds is 5. The van der Waals surface area contributed by atoms with E-state index < -0.39 is 0 Å². The molecule has 0 aliphatic heterocycles. The summed E-state index contributed by atoms with van der Waals surface area (Å²) in [7, 11) is 0. The predicted octanol–water partition coefficient (Wildman–Crippen LogP) is 3.51. The van der Waals surface area contributed by atoms with Crippen LogP contribution in [0.25, 0.3) is 0 Å². The minimum absolute atomic E-state index is 0.0495. The Bertz CT molecular complexity index is 526. The molecular formula is C13H14N2O2S. The fourth-order valence-corrected chi connectivity index (χ4v) is 2.46. The lowest BCUT2D eigenvalue weighted by molar-refractivity contribution is -0.385. The van der Waals surface area contributed by atoms with Crippen LogP contribution >= 0.6 is 11.3 Å². The Hall–Kier alpha value is -1.72. The number of hydrogen-bond donors (Lipinski definition) is 1. The molecule has 0 radical (unpaired) electrons. The maximum absolute atomic E-state index is 10.9. The van der Waals surface area contributed by atoms with E-state index in [1.807, 2.05) is 24.4 Å². The molecule has 1 aromatic heterocycles. The van der Waals surface area contributed by atoms with E-state index in [9.17, 15) is 10.1 Å². The van der Waals surface area contributed by atoms with Crippen LogP contribution in [0.4, 0.5) is 5.69 Å². The highest BCUT2D eigenvalue weighted by atomic mass is 32.1. The lowest BCUT2D eigenvalue weighted by atomic mass is 10.1. The molecule has 0 aliphatic rings. The third-order valence-corrected chi connectivity index (χ3v) is 3.52. The molecule has 0 aliphatic carbocycles. The third kappa shape index (κ3) is 2.94. The third-order valence-electron chi connectivity index (χ3n) is 2.79. The molecule has 4 nitrogen and oxygen atoms in total. The van der Waals surface area contributed by atoms with Gasteiger partial charge in [0.1, 0.15) is 0 Å². The normalized spacial score (nSPS) is 12.3. The van der Waals surface area contributed by atoms with E-state index in [0.717, 1.165) is 12.1 Å². The molecule has 0 saturated heterocycles. The molecular weight excluding hydrogens is 248 g/mol. The van der Waals surface area contributed by atoms with E-state index in [1.165, 1.54) is 11.6 Å². The number of nitro benzene ring substituents is 1. The van der Waals surface area contributed by atoms with Crippen LogP contribution in [0, 0.1) is 10.1 Å². The summed E-state index contributed by atoms with van der Waals surface area (Å²) in [5.41, 5.74) is 2.09. The Kier molecular flexibility index (Phi) is 4.07. The van der Waals surface area contributed by atoms with E-state index in [2.05, 4.69) is 10.7 Å². The minimum atomic E-state index is -0.335. The first-order chi connectivity index (χ1) is 8.68. The van der Waals surface area contributed by atoms with Crippen LogP contribution in [0.2, 0.25) is 0 Å². The van der Waals surface area contributed by atoms with Gasteiger partial charge in [-0.2, -0.15) is 11.3 Å². The number of nitrogens with one attached hydrogen (secondary N) is 1. The zero-order valence-corrected chi connectivity index (χ0v) is 10.8. The van der Waals surface area contributed by atoms with Crippen LogP contribution in [-0.4, -0.2) is 4.92 Å². The van der Waals surface area contributed by atoms with Gasteiger partial charge >= 0.3 is 0 Å². The molecule has 18 heavy (non-hydrogen) atoms. The van der Waals surface area contributed by atoms with Gasteiger partial charge in [0.15, 0.2) is 0 Å². The Morgan fingerprint density at radius 3 is 2.83 bits per heavy atom. The van der Waals surface area contributed by atoms with E-state index in [-0.39, 0.29) is 16.7 Å². The van der Waals surface area contributed by atoms with Gasteiger partial charge in [-0.3, -0.25) is 10.1 Å². The van der Waals surface area contributed by atoms with E-state index in [1.54, 1.807) is 23.5 Å². The SMILES string of the molecule is CC(NCc1ccsc1)c1ccccc1[N+](=O)[O-]. The smallest absolute Gasteiger partial charge is 0.274 e. The van der Waals surface area contributed by atoms with Crippen LogP contribution in [-0.2, 0) is 6.54 Å². The summed E-state index contributed by atoms with van der Waals surface area (Å²) < 4.78 is 0. The first kappa shape index (κ1) is 12.7. The molecule has 1 heterocycles. The minimum Gasteiger partial charge on any atom is -0.306 e. The number of para-hydroxylation sites is 1. The van der Waals surface area contributed by atoms with Crippen LogP contribution in [0.1, 0.15) is 24.1 Å². The molecule has 0 amide bonds. The van der Waals surface area contributed by atoms with Gasteiger partial charge in [-0.25, -0.2) is 0 Å². The highest BCUT2D eigenvalue weighted by Crippen LogP contribution is 2.24. The summed E-state index contributed by atoms with van der Waals surface area (Å²) in [6, 6.07) is 8.84. The van der Waals surface area contributed by atoms with Crippen molar-refractivity contribution < 1.29 is 4.92 Å². The maximum Gasteiger partial charge on any atom is 0.274 e. The number of benzene rings is 1. The van der Waals surface area contributed by atoms with Crippen LogP contribution in [0.3, 0.4) is 0 Å². The van der Waals surface area contributed by atoms with E-state index in [4.69, 9.17) is 0 Å². The molecule has 1 atom stereocenters. The van der Waals surface area contributed by atoms with Crippen molar-refractivity contribution in [2.24, 2.45) is 0 Å². The summed E-state index contributed by atoms with van der Waals surface area (Å²) in [6.45, 7) is 2.66. The van der Waals surface area contributed by atoms with Crippen LogP contribution in [0.15, 0.2) is 41.1 Å². The summed E-state index contributed by atoms with van der Waals surface area (Å²) in [6.07, 6.45) is 0. The van der Waals surface area contributed by atoms with Gasteiger partial charge in [-0.05, 0) is 29.3 Å². The average Bonchev–Trinajstić information content (AvgIpc) is 2.89. The number of nitro groups is 1. The second kappa shape index (κ2) is 5.75. The van der Waals surface area contributed by atoms with Crippen molar-refractivity contribution in [3.63, 3.8) is 0 Å². The Morgan fingerprint density at radius 1 is 1.39 bits per heavy atom. The number of nitrogens with zero attached hydrogens (tertiary/aromatic N) is 1. The van der Waals surface area contributed by atoms with Gasteiger partial charge in [-0.1, -0.05) is 18.2 Å². The maximum atomic E-state index is 10.9. The Labute approximate surface area is 109 Å². The van der Waals surface area contributed by atoms with Crippen molar-refractivity contribution in [2.45, 2.75) is 19.5 Å². The average molecular weight is 262 g/mol. The second-order valence-electron chi connectivity index (χ2n) is 4.05. The highest BCUT2D eigenvalue weighted by Gasteiger charge is 2.17. The molecule has 0 fully saturated rings. The number of hydrogen-bond acceptors (Lipinski definition) is 4. The van der Waals surface area contributed by atoms with Gasteiger partial charge in [0.05, 0.1) is 4.92 Å². The Balaban J connectivity index is 2.09. The van der Waals surface area contributed by atoms with Gasteiger partial charge in [0.2, 0.25) is 0 Å².